The predicted octanol–water partition coefficient (Wildman–Crippen LogP) is 2.79. The molecule has 3 rings (SSSR count). The first-order valence-electron chi connectivity index (χ1n) is 9.65. The molecule has 30 heavy (non-hydrogen) atoms. The van der Waals surface area contributed by atoms with Gasteiger partial charge in [0.05, 0.1) is 35.2 Å². The van der Waals surface area contributed by atoms with Crippen LogP contribution in [-0.4, -0.2) is 58.1 Å². The van der Waals surface area contributed by atoms with Crippen molar-refractivity contribution in [3.63, 3.8) is 0 Å². The molecule has 0 saturated carbocycles. The van der Waals surface area contributed by atoms with E-state index in [0.29, 0.717) is 13.2 Å². The maximum atomic E-state index is 12.8. The molecule has 0 atom stereocenters. The summed E-state index contributed by atoms with van der Waals surface area (Å²) in [4.78, 5) is 12.6. The van der Waals surface area contributed by atoms with Crippen LogP contribution in [0.5, 0.6) is 5.75 Å². The zero-order valence-corrected chi connectivity index (χ0v) is 18.6. The minimum Gasteiger partial charge on any atom is -0.492 e. The summed E-state index contributed by atoms with van der Waals surface area (Å²) in [6.07, 6.45) is 0. The third-order valence-electron chi connectivity index (χ3n) is 4.93. The fraction of sp³-hybridized carbons (Fsp3) is 0.381. The van der Waals surface area contributed by atoms with Crippen LogP contribution < -0.4 is 10.1 Å². The lowest BCUT2D eigenvalue weighted by Gasteiger charge is -2.26. The molecule has 1 aliphatic rings. The minimum absolute atomic E-state index is 0.0327. The Morgan fingerprint density at radius 1 is 1.13 bits per heavy atom. The molecule has 1 amide bonds. The van der Waals surface area contributed by atoms with Crippen LogP contribution in [0.4, 0.5) is 0 Å². The van der Waals surface area contributed by atoms with E-state index in [4.69, 9.17) is 21.1 Å². The van der Waals surface area contributed by atoms with Gasteiger partial charge in [-0.1, -0.05) is 17.7 Å². The molecule has 2 aromatic rings. The third kappa shape index (κ3) is 5.31. The van der Waals surface area contributed by atoms with Gasteiger partial charge in [0.25, 0.3) is 5.91 Å². The topological polar surface area (TPSA) is 84.9 Å². The van der Waals surface area contributed by atoms with E-state index in [1.165, 1.54) is 28.1 Å². The first kappa shape index (κ1) is 22.6. The number of benzene rings is 2. The molecule has 1 N–H and O–H groups in total. The average Bonchev–Trinajstić information content (AvgIpc) is 2.74. The second-order valence-corrected chi connectivity index (χ2v) is 9.35. The molecule has 1 aliphatic heterocycles. The Morgan fingerprint density at radius 3 is 2.57 bits per heavy atom. The molecule has 7 nitrogen and oxygen atoms in total. The van der Waals surface area contributed by atoms with Crippen molar-refractivity contribution in [3.8, 4) is 5.75 Å². The Balaban J connectivity index is 1.62. The summed E-state index contributed by atoms with van der Waals surface area (Å²) in [5.74, 6) is 0.270. The summed E-state index contributed by atoms with van der Waals surface area (Å²) in [5.41, 5.74) is 2.41. The van der Waals surface area contributed by atoms with Crippen LogP contribution in [0.2, 0.25) is 5.02 Å². The summed E-state index contributed by atoms with van der Waals surface area (Å²) >= 11 is 6.15. The monoisotopic (exact) mass is 452 g/mol. The number of rotatable bonds is 7. The van der Waals surface area contributed by atoms with Crippen LogP contribution in [0.3, 0.4) is 0 Å². The first-order valence-corrected chi connectivity index (χ1v) is 11.5. The smallest absolute Gasteiger partial charge is 0.252 e. The molecule has 0 aliphatic carbocycles. The van der Waals surface area contributed by atoms with Gasteiger partial charge in [-0.05, 0) is 55.3 Å². The lowest BCUT2D eigenvalue weighted by atomic mass is 10.1. The summed E-state index contributed by atoms with van der Waals surface area (Å²) in [5, 5.41) is 2.90. The normalized spacial score (nSPS) is 15.0. The molecule has 0 radical (unpaired) electrons. The van der Waals surface area contributed by atoms with Crippen LogP contribution in [0.1, 0.15) is 21.5 Å². The van der Waals surface area contributed by atoms with Gasteiger partial charge >= 0.3 is 0 Å². The van der Waals surface area contributed by atoms with Crippen molar-refractivity contribution in [2.75, 3.05) is 39.5 Å². The lowest BCUT2D eigenvalue weighted by molar-refractivity contribution is 0.0730. The number of morpholine rings is 1. The highest BCUT2D eigenvalue weighted by atomic mass is 35.5. The van der Waals surface area contributed by atoms with E-state index in [1.807, 2.05) is 32.0 Å². The van der Waals surface area contributed by atoms with E-state index in [-0.39, 0.29) is 41.7 Å². The predicted molar refractivity (Wildman–Crippen MR) is 115 cm³/mol. The van der Waals surface area contributed by atoms with Crippen LogP contribution in [0, 0.1) is 13.8 Å². The van der Waals surface area contributed by atoms with Crippen molar-refractivity contribution in [3.05, 3.63) is 58.1 Å². The molecule has 1 saturated heterocycles. The number of carbonyl (C=O) groups is 1. The van der Waals surface area contributed by atoms with E-state index >= 15 is 0 Å². The summed E-state index contributed by atoms with van der Waals surface area (Å²) < 4.78 is 37.8. The quantitative estimate of drug-likeness (QED) is 0.653. The number of hydrogen-bond donors (Lipinski definition) is 1. The zero-order chi connectivity index (χ0) is 21.7. The SMILES string of the molecule is Cc1ccc(OCCNC(=O)c2cc(S(=O)(=O)N3CCOCC3)ccc2Cl)cc1C. The molecule has 9 heteroatoms. The molecule has 0 unspecified atom stereocenters. The highest BCUT2D eigenvalue weighted by Gasteiger charge is 2.27. The summed E-state index contributed by atoms with van der Waals surface area (Å²) in [6, 6.07) is 9.94. The van der Waals surface area contributed by atoms with Gasteiger partial charge < -0.3 is 14.8 Å². The van der Waals surface area contributed by atoms with Gasteiger partial charge in [-0.15, -0.1) is 0 Å². The van der Waals surface area contributed by atoms with Gasteiger partial charge in [-0.2, -0.15) is 4.31 Å². The van der Waals surface area contributed by atoms with Gasteiger partial charge in [-0.3, -0.25) is 4.79 Å². The number of nitrogens with zero attached hydrogens (tertiary/aromatic N) is 1. The van der Waals surface area contributed by atoms with E-state index in [2.05, 4.69) is 5.32 Å². The van der Waals surface area contributed by atoms with Gasteiger partial charge in [-0.25, -0.2) is 8.42 Å². The van der Waals surface area contributed by atoms with Crippen molar-refractivity contribution in [1.82, 2.24) is 9.62 Å². The van der Waals surface area contributed by atoms with Gasteiger partial charge in [0, 0.05) is 13.1 Å². The van der Waals surface area contributed by atoms with Gasteiger partial charge in [0.1, 0.15) is 12.4 Å². The van der Waals surface area contributed by atoms with Crippen LogP contribution >= 0.6 is 11.6 Å². The maximum Gasteiger partial charge on any atom is 0.252 e. The van der Waals surface area contributed by atoms with Crippen LogP contribution in [0.15, 0.2) is 41.3 Å². The Labute approximate surface area is 182 Å². The summed E-state index contributed by atoms with van der Waals surface area (Å²) in [7, 11) is -3.71. The number of nitrogens with one attached hydrogen (secondary N) is 1. The molecule has 0 aromatic heterocycles. The van der Waals surface area contributed by atoms with Crippen molar-refractivity contribution in [2.45, 2.75) is 18.7 Å². The Hall–Kier alpha value is -2.13. The number of halogens is 1. The standard InChI is InChI=1S/C21H25ClN2O5S/c1-15-3-4-17(13-16(15)2)29-10-7-23-21(25)19-14-18(5-6-20(19)22)30(26,27)24-8-11-28-12-9-24/h3-6,13-14H,7-12H2,1-2H3,(H,23,25). The molecule has 0 bridgehead atoms. The van der Waals surface area contributed by atoms with E-state index < -0.39 is 15.9 Å². The Kier molecular flexibility index (Phi) is 7.36. The average molecular weight is 453 g/mol. The van der Waals surface area contributed by atoms with E-state index in [0.717, 1.165) is 11.3 Å². The fourth-order valence-corrected chi connectivity index (χ4v) is 4.65. The van der Waals surface area contributed by atoms with Gasteiger partial charge in [0.2, 0.25) is 10.0 Å². The zero-order valence-electron chi connectivity index (χ0n) is 17.0. The highest BCUT2D eigenvalue weighted by Crippen LogP contribution is 2.23. The number of ether oxygens (including phenoxy) is 2. The van der Waals surface area contributed by atoms with Gasteiger partial charge in [0.15, 0.2) is 0 Å². The molecule has 162 valence electrons. The number of sulfonamides is 1. The number of hydrogen-bond acceptors (Lipinski definition) is 5. The molecule has 1 heterocycles. The second-order valence-electron chi connectivity index (χ2n) is 7.01. The largest absolute Gasteiger partial charge is 0.492 e. The highest BCUT2D eigenvalue weighted by molar-refractivity contribution is 7.89. The van der Waals surface area contributed by atoms with Crippen LogP contribution in [0.25, 0.3) is 0 Å². The molecule has 2 aromatic carbocycles. The fourth-order valence-electron chi connectivity index (χ4n) is 3.01. The molecule has 0 spiro atoms. The maximum absolute atomic E-state index is 12.8. The van der Waals surface area contributed by atoms with Crippen molar-refractivity contribution >= 4 is 27.5 Å². The van der Waals surface area contributed by atoms with E-state index in [9.17, 15) is 13.2 Å². The summed E-state index contributed by atoms with van der Waals surface area (Å²) in [6.45, 7) is 5.81. The lowest BCUT2D eigenvalue weighted by Crippen LogP contribution is -2.40. The molecule has 1 fully saturated rings. The first-order chi connectivity index (χ1) is 14.3. The Bertz CT molecular complexity index is 1020. The number of amides is 1. The van der Waals surface area contributed by atoms with Crippen molar-refractivity contribution in [2.24, 2.45) is 0 Å². The number of aryl methyl sites for hydroxylation is 2. The molecular weight excluding hydrogens is 428 g/mol. The number of carbonyl (C=O) groups excluding carboxylic acids is 1. The van der Waals surface area contributed by atoms with E-state index in [1.54, 1.807) is 0 Å². The van der Waals surface area contributed by atoms with Crippen molar-refractivity contribution < 1.29 is 22.7 Å². The molecular formula is C21H25ClN2O5S. The second kappa shape index (κ2) is 9.78. The third-order valence-corrected chi connectivity index (χ3v) is 7.15. The Morgan fingerprint density at radius 2 is 1.87 bits per heavy atom. The van der Waals surface area contributed by atoms with Crippen LogP contribution in [-0.2, 0) is 14.8 Å². The van der Waals surface area contributed by atoms with Crippen molar-refractivity contribution in [1.29, 1.82) is 0 Å². The minimum atomic E-state index is -3.71.